The molecule has 0 saturated heterocycles. The third-order valence-electron chi connectivity index (χ3n) is 3.41. The lowest BCUT2D eigenvalue weighted by Gasteiger charge is -2.16. The van der Waals surface area contributed by atoms with Crippen LogP contribution in [0, 0.1) is 5.92 Å². The highest BCUT2D eigenvalue weighted by molar-refractivity contribution is 6.30. The van der Waals surface area contributed by atoms with Crippen LogP contribution in [0.5, 0.6) is 5.75 Å². The highest BCUT2D eigenvalue weighted by atomic mass is 35.5. The molecule has 0 aliphatic carbocycles. The second kappa shape index (κ2) is 7.47. The van der Waals surface area contributed by atoms with Crippen molar-refractivity contribution in [2.24, 2.45) is 5.92 Å². The molecule has 2 N–H and O–H groups in total. The zero-order valence-electron chi connectivity index (χ0n) is 12.7. The van der Waals surface area contributed by atoms with Crippen LogP contribution < -0.4 is 10.1 Å². The molecule has 0 saturated carbocycles. The molecule has 0 radical (unpaired) electrons. The van der Waals surface area contributed by atoms with Crippen molar-refractivity contribution >= 4 is 23.6 Å². The lowest BCUT2D eigenvalue weighted by molar-refractivity contribution is -0.117. The quantitative estimate of drug-likeness (QED) is 0.820. The van der Waals surface area contributed by atoms with Gasteiger partial charge in [-0.05, 0) is 35.8 Å². The summed E-state index contributed by atoms with van der Waals surface area (Å²) in [6.07, 6.45) is 4.56. The topological polar surface area (TPSA) is 58.6 Å². The molecule has 1 aliphatic heterocycles. The van der Waals surface area contributed by atoms with E-state index >= 15 is 0 Å². The van der Waals surface area contributed by atoms with Crippen LogP contribution in [0.1, 0.15) is 19.4 Å². The van der Waals surface area contributed by atoms with Crippen molar-refractivity contribution in [1.29, 1.82) is 0 Å². The zero-order valence-corrected chi connectivity index (χ0v) is 13.4. The van der Waals surface area contributed by atoms with Crippen molar-refractivity contribution in [2.75, 3.05) is 13.2 Å². The second-order valence-electron chi connectivity index (χ2n) is 5.58. The van der Waals surface area contributed by atoms with Crippen molar-refractivity contribution in [3.8, 4) is 5.75 Å². The molecule has 0 fully saturated rings. The number of ether oxygens (including phenoxy) is 1. The predicted octanol–water partition coefficient (Wildman–Crippen LogP) is 2.81. The van der Waals surface area contributed by atoms with E-state index in [9.17, 15) is 9.90 Å². The maximum atomic E-state index is 11.7. The van der Waals surface area contributed by atoms with Crippen LogP contribution in [-0.4, -0.2) is 30.3 Å². The van der Waals surface area contributed by atoms with Crippen molar-refractivity contribution in [1.82, 2.24) is 5.32 Å². The van der Waals surface area contributed by atoms with E-state index in [0.29, 0.717) is 11.6 Å². The van der Waals surface area contributed by atoms with Gasteiger partial charge < -0.3 is 15.2 Å². The van der Waals surface area contributed by atoms with E-state index in [4.69, 9.17) is 16.3 Å². The standard InChI is InChI=1S/C17H20ClNO3/c1-11(2)15(20)9-19-17(21)6-3-12-7-13-8-14(18)4-5-16(13)22-10-12/h3-8,11,15,20H,9-10H2,1-2H3,(H,19,21)/b6-3+. The molecule has 1 aliphatic rings. The Morgan fingerprint density at radius 3 is 3.00 bits per heavy atom. The predicted molar refractivity (Wildman–Crippen MR) is 87.9 cm³/mol. The van der Waals surface area contributed by atoms with Gasteiger partial charge in [0.15, 0.2) is 0 Å². The maximum Gasteiger partial charge on any atom is 0.244 e. The van der Waals surface area contributed by atoms with Crippen molar-refractivity contribution in [2.45, 2.75) is 20.0 Å². The Balaban J connectivity index is 1.95. The van der Waals surface area contributed by atoms with Crippen LogP contribution in [0.15, 0.2) is 35.9 Å². The highest BCUT2D eigenvalue weighted by Gasteiger charge is 2.11. The number of hydrogen-bond donors (Lipinski definition) is 2. The number of nitrogens with one attached hydrogen (secondary N) is 1. The molecule has 1 aromatic rings. The van der Waals surface area contributed by atoms with E-state index in [1.54, 1.807) is 12.1 Å². The largest absolute Gasteiger partial charge is 0.488 e. The number of rotatable bonds is 5. The summed E-state index contributed by atoms with van der Waals surface area (Å²) in [5.74, 6) is 0.656. The summed E-state index contributed by atoms with van der Waals surface area (Å²) in [5.41, 5.74) is 1.78. The Morgan fingerprint density at radius 1 is 1.50 bits per heavy atom. The SMILES string of the molecule is CC(C)C(O)CNC(=O)/C=C/C1=Cc2cc(Cl)ccc2OC1. The average molecular weight is 322 g/mol. The molecule has 1 heterocycles. The molecule has 22 heavy (non-hydrogen) atoms. The van der Waals surface area contributed by atoms with Crippen LogP contribution in [0.25, 0.3) is 6.08 Å². The summed E-state index contributed by atoms with van der Waals surface area (Å²) in [6, 6.07) is 5.43. The minimum atomic E-state index is -0.538. The molecule has 1 amide bonds. The summed E-state index contributed by atoms with van der Waals surface area (Å²) in [7, 11) is 0. The molecular weight excluding hydrogens is 302 g/mol. The fraction of sp³-hybridized carbons (Fsp3) is 0.353. The van der Waals surface area contributed by atoms with Gasteiger partial charge in [0.25, 0.3) is 0 Å². The third-order valence-corrected chi connectivity index (χ3v) is 3.65. The molecule has 0 aromatic heterocycles. The number of aliphatic hydroxyl groups excluding tert-OH is 1. The van der Waals surface area contributed by atoms with Gasteiger partial charge in [-0.25, -0.2) is 0 Å². The first kappa shape index (κ1) is 16.6. The van der Waals surface area contributed by atoms with Crippen LogP contribution in [0.2, 0.25) is 5.02 Å². The van der Waals surface area contributed by atoms with E-state index < -0.39 is 6.10 Å². The molecule has 1 aromatic carbocycles. The maximum absolute atomic E-state index is 11.7. The van der Waals surface area contributed by atoms with E-state index in [-0.39, 0.29) is 18.4 Å². The van der Waals surface area contributed by atoms with Gasteiger partial charge in [0.1, 0.15) is 12.4 Å². The van der Waals surface area contributed by atoms with Gasteiger partial charge in [0.2, 0.25) is 5.91 Å². The van der Waals surface area contributed by atoms with Crippen LogP contribution in [0.4, 0.5) is 0 Å². The molecule has 1 unspecified atom stereocenters. The highest BCUT2D eigenvalue weighted by Crippen LogP contribution is 2.29. The molecule has 0 bridgehead atoms. The number of aliphatic hydroxyl groups is 1. The minimum absolute atomic E-state index is 0.111. The smallest absolute Gasteiger partial charge is 0.244 e. The molecule has 118 valence electrons. The van der Waals surface area contributed by atoms with Gasteiger partial charge in [-0.3, -0.25) is 4.79 Å². The summed E-state index contributed by atoms with van der Waals surface area (Å²) in [4.78, 5) is 11.7. The van der Waals surface area contributed by atoms with Gasteiger partial charge in [-0.1, -0.05) is 31.5 Å². The van der Waals surface area contributed by atoms with E-state index in [2.05, 4.69) is 5.32 Å². The lowest BCUT2D eigenvalue weighted by atomic mass is 10.1. The van der Waals surface area contributed by atoms with E-state index in [1.807, 2.05) is 32.1 Å². The number of amides is 1. The number of benzene rings is 1. The average Bonchev–Trinajstić information content (AvgIpc) is 2.49. The minimum Gasteiger partial charge on any atom is -0.488 e. The third kappa shape index (κ3) is 4.61. The lowest BCUT2D eigenvalue weighted by Crippen LogP contribution is -2.33. The van der Waals surface area contributed by atoms with Gasteiger partial charge in [-0.2, -0.15) is 0 Å². The van der Waals surface area contributed by atoms with Crippen LogP contribution in [0.3, 0.4) is 0 Å². The zero-order chi connectivity index (χ0) is 16.1. The van der Waals surface area contributed by atoms with Crippen molar-refractivity contribution < 1.29 is 14.6 Å². The molecule has 5 heteroatoms. The number of halogens is 1. The van der Waals surface area contributed by atoms with E-state index in [0.717, 1.165) is 16.9 Å². The van der Waals surface area contributed by atoms with E-state index in [1.165, 1.54) is 6.08 Å². The van der Waals surface area contributed by atoms with Crippen LogP contribution >= 0.6 is 11.6 Å². The molecule has 0 spiro atoms. The second-order valence-corrected chi connectivity index (χ2v) is 6.02. The summed E-state index contributed by atoms with van der Waals surface area (Å²) < 4.78 is 5.60. The number of hydrogen-bond acceptors (Lipinski definition) is 3. The first-order chi connectivity index (χ1) is 10.5. The Bertz CT molecular complexity index is 608. The Hall–Kier alpha value is -1.78. The van der Waals surface area contributed by atoms with Crippen molar-refractivity contribution in [3.05, 3.63) is 46.5 Å². The van der Waals surface area contributed by atoms with Gasteiger partial charge >= 0.3 is 0 Å². The number of fused-ring (bicyclic) bond motifs is 1. The molecule has 2 rings (SSSR count). The van der Waals surface area contributed by atoms with Gasteiger partial charge in [0.05, 0.1) is 6.10 Å². The first-order valence-corrected chi connectivity index (χ1v) is 7.60. The Labute approximate surface area is 135 Å². The Kier molecular flexibility index (Phi) is 5.63. The normalized spacial score (nSPS) is 15.2. The van der Waals surface area contributed by atoms with Gasteiger partial charge in [0, 0.05) is 23.2 Å². The Morgan fingerprint density at radius 2 is 2.27 bits per heavy atom. The summed E-state index contributed by atoms with van der Waals surface area (Å²) in [6.45, 7) is 4.46. The molecule has 4 nitrogen and oxygen atoms in total. The summed E-state index contributed by atoms with van der Waals surface area (Å²) in [5, 5.41) is 13.0. The number of carbonyl (C=O) groups excluding carboxylic acids is 1. The van der Waals surface area contributed by atoms with Gasteiger partial charge in [-0.15, -0.1) is 0 Å². The molecular formula is C17H20ClNO3. The fourth-order valence-corrected chi connectivity index (χ4v) is 2.13. The number of carbonyl (C=O) groups is 1. The van der Waals surface area contributed by atoms with Crippen molar-refractivity contribution in [3.63, 3.8) is 0 Å². The monoisotopic (exact) mass is 321 g/mol. The fourth-order valence-electron chi connectivity index (χ4n) is 1.94. The van der Waals surface area contributed by atoms with Crippen LogP contribution in [-0.2, 0) is 4.79 Å². The first-order valence-electron chi connectivity index (χ1n) is 7.22. The molecule has 1 atom stereocenters. The summed E-state index contributed by atoms with van der Waals surface area (Å²) >= 11 is 5.96.